The molecule has 1 aromatic carbocycles. The number of ether oxygens (including phenoxy) is 1. The molecule has 1 unspecified atom stereocenters. The highest BCUT2D eigenvalue weighted by atomic mass is 16.5. The summed E-state index contributed by atoms with van der Waals surface area (Å²) >= 11 is 0. The number of aryl methyl sites for hydroxylation is 2. The van der Waals surface area contributed by atoms with Gasteiger partial charge in [-0.3, -0.25) is 0 Å². The lowest BCUT2D eigenvalue weighted by atomic mass is 10.1. The number of benzene rings is 1. The van der Waals surface area contributed by atoms with Crippen molar-refractivity contribution in [3.63, 3.8) is 0 Å². The highest BCUT2D eigenvalue weighted by Gasteiger charge is 2.07. The molecular formula is C16H21NO2. The second-order valence-corrected chi connectivity index (χ2v) is 4.76. The van der Waals surface area contributed by atoms with Crippen molar-refractivity contribution in [3.8, 4) is 5.75 Å². The Morgan fingerprint density at radius 3 is 2.53 bits per heavy atom. The Bertz CT molecular complexity index is 485. The second-order valence-electron chi connectivity index (χ2n) is 4.76. The van der Waals surface area contributed by atoms with E-state index < -0.39 is 0 Å². The molecule has 1 N–H and O–H groups in total. The van der Waals surface area contributed by atoms with Crippen molar-refractivity contribution in [1.82, 2.24) is 5.32 Å². The van der Waals surface area contributed by atoms with Crippen LogP contribution in [0.5, 0.6) is 5.75 Å². The van der Waals surface area contributed by atoms with E-state index >= 15 is 0 Å². The first kappa shape index (κ1) is 13.7. The van der Waals surface area contributed by atoms with Crippen LogP contribution in [0.2, 0.25) is 0 Å². The molecule has 2 rings (SSSR count). The van der Waals surface area contributed by atoms with Crippen LogP contribution in [-0.4, -0.2) is 13.2 Å². The van der Waals surface area contributed by atoms with Gasteiger partial charge in [-0.05, 0) is 44.0 Å². The summed E-state index contributed by atoms with van der Waals surface area (Å²) in [7, 11) is 0. The molecule has 0 saturated carbocycles. The number of hydrogen-bond acceptors (Lipinski definition) is 3. The van der Waals surface area contributed by atoms with E-state index in [9.17, 15) is 0 Å². The maximum absolute atomic E-state index is 5.84. The molecule has 0 bridgehead atoms. The van der Waals surface area contributed by atoms with Crippen LogP contribution in [-0.2, 0) is 0 Å². The molecule has 3 nitrogen and oxygen atoms in total. The van der Waals surface area contributed by atoms with Gasteiger partial charge in [-0.1, -0.05) is 18.2 Å². The van der Waals surface area contributed by atoms with E-state index in [1.54, 1.807) is 6.26 Å². The Balaban J connectivity index is 1.78. The molecule has 0 saturated heterocycles. The Morgan fingerprint density at radius 2 is 1.89 bits per heavy atom. The van der Waals surface area contributed by atoms with Crippen LogP contribution in [0, 0.1) is 13.8 Å². The normalized spacial score (nSPS) is 12.4. The summed E-state index contributed by atoms with van der Waals surface area (Å²) in [6.45, 7) is 7.66. The standard InChI is InChI=1S/C16H21NO2/c1-12-6-4-7-13(2)16(12)19-11-9-17-14(3)15-8-5-10-18-15/h4-8,10,14,17H,9,11H2,1-3H3. The van der Waals surface area contributed by atoms with Gasteiger partial charge in [0.25, 0.3) is 0 Å². The molecule has 0 fully saturated rings. The fourth-order valence-corrected chi connectivity index (χ4v) is 2.09. The lowest BCUT2D eigenvalue weighted by Crippen LogP contribution is -2.24. The average Bonchev–Trinajstić information content (AvgIpc) is 2.91. The summed E-state index contributed by atoms with van der Waals surface area (Å²) in [5.74, 6) is 1.95. The molecule has 0 spiro atoms. The topological polar surface area (TPSA) is 34.4 Å². The lowest BCUT2D eigenvalue weighted by Gasteiger charge is -2.14. The van der Waals surface area contributed by atoms with E-state index in [2.05, 4.69) is 44.3 Å². The molecule has 1 atom stereocenters. The summed E-state index contributed by atoms with van der Waals surface area (Å²) in [4.78, 5) is 0. The molecule has 0 aliphatic rings. The van der Waals surface area contributed by atoms with Crippen molar-refractivity contribution < 1.29 is 9.15 Å². The third-order valence-electron chi connectivity index (χ3n) is 3.18. The second kappa shape index (κ2) is 6.43. The Labute approximate surface area is 114 Å². The van der Waals surface area contributed by atoms with Crippen LogP contribution in [0.3, 0.4) is 0 Å². The first-order valence-electron chi connectivity index (χ1n) is 6.64. The Kier molecular flexibility index (Phi) is 4.63. The van der Waals surface area contributed by atoms with E-state index in [1.165, 1.54) is 11.1 Å². The van der Waals surface area contributed by atoms with Crippen molar-refractivity contribution in [3.05, 3.63) is 53.5 Å². The van der Waals surface area contributed by atoms with Crippen LogP contribution >= 0.6 is 0 Å². The molecule has 102 valence electrons. The number of nitrogens with one attached hydrogen (secondary N) is 1. The van der Waals surface area contributed by atoms with Gasteiger partial charge >= 0.3 is 0 Å². The van der Waals surface area contributed by atoms with Gasteiger partial charge in [0.2, 0.25) is 0 Å². The van der Waals surface area contributed by atoms with Gasteiger partial charge < -0.3 is 14.5 Å². The molecule has 0 aliphatic heterocycles. The Morgan fingerprint density at radius 1 is 1.16 bits per heavy atom. The summed E-state index contributed by atoms with van der Waals surface area (Å²) in [5.41, 5.74) is 2.36. The van der Waals surface area contributed by atoms with Crippen molar-refractivity contribution in [2.24, 2.45) is 0 Å². The van der Waals surface area contributed by atoms with Crippen LogP contribution in [0.25, 0.3) is 0 Å². The average molecular weight is 259 g/mol. The molecular weight excluding hydrogens is 238 g/mol. The van der Waals surface area contributed by atoms with Gasteiger partial charge in [-0.25, -0.2) is 0 Å². The van der Waals surface area contributed by atoms with Gasteiger partial charge in [-0.2, -0.15) is 0 Å². The maximum atomic E-state index is 5.84. The number of para-hydroxylation sites is 1. The van der Waals surface area contributed by atoms with E-state index in [0.29, 0.717) is 6.61 Å². The van der Waals surface area contributed by atoms with Gasteiger partial charge in [-0.15, -0.1) is 0 Å². The summed E-state index contributed by atoms with van der Waals surface area (Å²) in [6, 6.07) is 10.3. The highest BCUT2D eigenvalue weighted by molar-refractivity contribution is 5.39. The van der Waals surface area contributed by atoms with Crippen molar-refractivity contribution in [1.29, 1.82) is 0 Å². The van der Waals surface area contributed by atoms with Gasteiger partial charge in [0, 0.05) is 6.54 Å². The molecule has 1 heterocycles. The number of rotatable bonds is 6. The summed E-state index contributed by atoms with van der Waals surface area (Å²) in [6.07, 6.45) is 1.70. The monoisotopic (exact) mass is 259 g/mol. The van der Waals surface area contributed by atoms with Gasteiger partial charge in [0.15, 0.2) is 0 Å². The van der Waals surface area contributed by atoms with E-state index in [4.69, 9.17) is 9.15 Å². The van der Waals surface area contributed by atoms with Crippen molar-refractivity contribution in [2.75, 3.05) is 13.2 Å². The molecule has 0 radical (unpaired) electrons. The highest BCUT2D eigenvalue weighted by Crippen LogP contribution is 2.22. The lowest BCUT2D eigenvalue weighted by molar-refractivity contribution is 0.298. The minimum Gasteiger partial charge on any atom is -0.492 e. The quantitative estimate of drug-likeness (QED) is 0.804. The smallest absolute Gasteiger partial charge is 0.125 e. The van der Waals surface area contributed by atoms with E-state index in [1.807, 2.05) is 12.1 Å². The molecule has 0 aliphatic carbocycles. The third kappa shape index (κ3) is 3.61. The predicted octanol–water partition coefficient (Wildman–Crippen LogP) is 3.63. The summed E-state index contributed by atoms with van der Waals surface area (Å²) < 4.78 is 11.2. The zero-order chi connectivity index (χ0) is 13.7. The summed E-state index contributed by atoms with van der Waals surface area (Å²) in [5, 5.41) is 3.38. The van der Waals surface area contributed by atoms with Crippen LogP contribution < -0.4 is 10.1 Å². The molecule has 1 aromatic heterocycles. The zero-order valence-corrected chi connectivity index (χ0v) is 11.8. The fourth-order valence-electron chi connectivity index (χ4n) is 2.09. The maximum Gasteiger partial charge on any atom is 0.125 e. The largest absolute Gasteiger partial charge is 0.492 e. The zero-order valence-electron chi connectivity index (χ0n) is 11.8. The fraction of sp³-hybridized carbons (Fsp3) is 0.375. The number of furan rings is 1. The van der Waals surface area contributed by atoms with Crippen molar-refractivity contribution >= 4 is 0 Å². The first-order chi connectivity index (χ1) is 9.18. The van der Waals surface area contributed by atoms with Gasteiger partial charge in [0.05, 0.1) is 12.3 Å². The third-order valence-corrected chi connectivity index (χ3v) is 3.18. The SMILES string of the molecule is Cc1cccc(C)c1OCCNC(C)c1ccco1. The van der Waals surface area contributed by atoms with Crippen molar-refractivity contribution in [2.45, 2.75) is 26.8 Å². The molecule has 2 aromatic rings. The van der Waals surface area contributed by atoms with E-state index in [0.717, 1.165) is 18.1 Å². The molecule has 19 heavy (non-hydrogen) atoms. The van der Waals surface area contributed by atoms with Crippen LogP contribution in [0.1, 0.15) is 29.9 Å². The van der Waals surface area contributed by atoms with E-state index in [-0.39, 0.29) is 6.04 Å². The minimum absolute atomic E-state index is 0.205. The minimum atomic E-state index is 0.205. The Hall–Kier alpha value is -1.74. The predicted molar refractivity (Wildman–Crippen MR) is 76.5 cm³/mol. The number of hydrogen-bond donors (Lipinski definition) is 1. The van der Waals surface area contributed by atoms with Crippen LogP contribution in [0.15, 0.2) is 41.0 Å². The first-order valence-corrected chi connectivity index (χ1v) is 6.64. The molecule has 3 heteroatoms. The molecule has 0 amide bonds. The van der Waals surface area contributed by atoms with Crippen LogP contribution in [0.4, 0.5) is 0 Å². The van der Waals surface area contributed by atoms with Gasteiger partial charge in [0.1, 0.15) is 18.1 Å².